The van der Waals surface area contributed by atoms with Crippen LogP contribution >= 0.6 is 0 Å². The molecule has 3 unspecified atom stereocenters. The van der Waals surface area contributed by atoms with Crippen molar-refractivity contribution in [1.29, 1.82) is 0 Å². The normalized spacial score (nSPS) is 44.8. The Balaban J connectivity index is 2.35. The van der Waals surface area contributed by atoms with Crippen LogP contribution in [-0.4, -0.2) is 28.4 Å². The maximum absolute atomic E-state index is 5.50. The van der Waals surface area contributed by atoms with E-state index >= 15 is 0 Å². The average Bonchev–Trinajstić information content (AvgIpc) is 1.80. The second-order valence-electron chi connectivity index (χ2n) is 3.36. The Morgan fingerprint density at radius 1 is 1.44 bits per heavy atom. The molecule has 1 rings (SSSR count). The van der Waals surface area contributed by atoms with Gasteiger partial charge in [-0.1, -0.05) is 6.42 Å². The van der Waals surface area contributed by atoms with Gasteiger partial charge in [0.25, 0.3) is 0 Å². The van der Waals surface area contributed by atoms with E-state index in [0.29, 0.717) is 6.10 Å². The van der Waals surface area contributed by atoms with Gasteiger partial charge in [-0.3, -0.25) is 0 Å². The molecule has 0 amide bonds. The molecule has 0 bridgehead atoms. The average molecular weight is 124 g/mol. The van der Waals surface area contributed by atoms with Gasteiger partial charge in [-0.25, -0.2) is 0 Å². The molecular weight excluding hydrogens is 110 g/mol. The summed E-state index contributed by atoms with van der Waals surface area (Å²) in [6.07, 6.45) is 1.82. The smallest absolute Gasteiger partial charge is 0.108 e. The van der Waals surface area contributed by atoms with E-state index in [2.05, 4.69) is 22.6 Å². The maximum atomic E-state index is 5.50. The van der Waals surface area contributed by atoms with Crippen molar-refractivity contribution in [3.63, 3.8) is 0 Å². The minimum absolute atomic E-state index is 0.487. The van der Waals surface area contributed by atoms with Crippen LogP contribution in [0, 0.1) is 0 Å². The van der Waals surface area contributed by atoms with Crippen molar-refractivity contribution >= 4 is 15.7 Å². The lowest BCUT2D eigenvalue weighted by molar-refractivity contribution is 0.0301. The Kier molecular flexibility index (Phi) is 2.23. The summed E-state index contributed by atoms with van der Waals surface area (Å²) in [6.45, 7) is 3.13. The summed E-state index contributed by atoms with van der Waals surface area (Å²) < 4.78 is 5.50. The van der Waals surface area contributed by atoms with E-state index in [-0.39, 0.29) is 0 Å². The van der Waals surface area contributed by atoms with E-state index in [1.807, 2.05) is 0 Å². The fourth-order valence-electron chi connectivity index (χ4n) is 1.37. The monoisotopic (exact) mass is 124 g/mol. The Morgan fingerprint density at radius 2 is 2.11 bits per heavy atom. The number of hydrogen-bond acceptors (Lipinski definition) is 1. The van der Waals surface area contributed by atoms with E-state index in [9.17, 15) is 0 Å². The summed E-state index contributed by atoms with van der Waals surface area (Å²) in [5.41, 5.74) is 0. The SMILES string of the molecule is BC1COC(C)C(B)C1. The van der Waals surface area contributed by atoms with Crippen molar-refractivity contribution in [3.8, 4) is 0 Å². The fraction of sp³-hybridized carbons (Fsp3) is 1.00. The van der Waals surface area contributed by atoms with Crippen molar-refractivity contribution in [2.45, 2.75) is 31.1 Å². The molecule has 3 atom stereocenters. The molecule has 0 aromatic carbocycles. The van der Waals surface area contributed by atoms with Gasteiger partial charge in [-0.2, -0.15) is 0 Å². The topological polar surface area (TPSA) is 9.23 Å². The summed E-state index contributed by atoms with van der Waals surface area (Å²) in [4.78, 5) is 0. The zero-order valence-electron chi connectivity index (χ0n) is 6.55. The molecule has 1 heterocycles. The third-order valence-electron chi connectivity index (χ3n) is 2.22. The second-order valence-corrected chi connectivity index (χ2v) is 3.36. The molecule has 9 heavy (non-hydrogen) atoms. The lowest BCUT2D eigenvalue weighted by Gasteiger charge is -2.30. The minimum atomic E-state index is 0.487. The summed E-state index contributed by atoms with van der Waals surface area (Å²) in [5, 5.41) is 0. The van der Waals surface area contributed by atoms with E-state index in [4.69, 9.17) is 4.74 Å². The lowest BCUT2D eigenvalue weighted by Crippen LogP contribution is -2.26. The van der Waals surface area contributed by atoms with Crippen molar-refractivity contribution in [3.05, 3.63) is 0 Å². The Labute approximate surface area is 59.0 Å². The summed E-state index contributed by atoms with van der Waals surface area (Å²) >= 11 is 0. The van der Waals surface area contributed by atoms with Crippen LogP contribution in [0.15, 0.2) is 0 Å². The molecule has 1 saturated heterocycles. The van der Waals surface area contributed by atoms with Gasteiger partial charge in [0.1, 0.15) is 15.7 Å². The summed E-state index contributed by atoms with van der Waals surface area (Å²) in [5.74, 6) is 1.53. The molecule has 0 saturated carbocycles. The van der Waals surface area contributed by atoms with Crippen molar-refractivity contribution < 1.29 is 4.74 Å². The van der Waals surface area contributed by atoms with Gasteiger partial charge in [0.15, 0.2) is 0 Å². The molecule has 0 aromatic heterocycles. The molecule has 1 aliphatic heterocycles. The Morgan fingerprint density at radius 3 is 2.56 bits per heavy atom. The summed E-state index contributed by atoms with van der Waals surface area (Å²) in [6, 6.07) is 0. The molecule has 3 heteroatoms. The van der Waals surface area contributed by atoms with Gasteiger partial charge in [-0.15, -0.1) is 0 Å². The van der Waals surface area contributed by atoms with Crippen LogP contribution in [0.25, 0.3) is 0 Å². The van der Waals surface area contributed by atoms with Crippen LogP contribution in [0.1, 0.15) is 13.3 Å². The Hall–Kier alpha value is 0.0899. The standard InChI is InChI=1S/C6H14B2O/c1-4-6(8)2-5(7)3-9-4/h4-6H,2-3,7-8H2,1H3. The second kappa shape index (κ2) is 2.78. The largest absolute Gasteiger partial charge is 0.379 e. The molecule has 0 aromatic rings. The van der Waals surface area contributed by atoms with E-state index in [0.717, 1.165) is 18.2 Å². The van der Waals surface area contributed by atoms with E-state index < -0.39 is 0 Å². The fourth-order valence-corrected chi connectivity index (χ4v) is 1.37. The van der Waals surface area contributed by atoms with E-state index in [1.165, 1.54) is 6.42 Å². The first-order valence-corrected chi connectivity index (χ1v) is 3.81. The van der Waals surface area contributed by atoms with Gasteiger partial charge >= 0.3 is 0 Å². The third-order valence-corrected chi connectivity index (χ3v) is 2.22. The van der Waals surface area contributed by atoms with Crippen LogP contribution < -0.4 is 0 Å². The Bertz CT molecular complexity index is 97.1. The first kappa shape index (κ1) is 7.20. The molecule has 1 fully saturated rings. The number of hydrogen-bond donors (Lipinski definition) is 0. The van der Waals surface area contributed by atoms with Crippen LogP contribution in [0.4, 0.5) is 0 Å². The highest BCUT2D eigenvalue weighted by Gasteiger charge is 2.21. The molecular formula is C6H14B2O. The molecule has 0 N–H and O–H groups in total. The highest BCUT2D eigenvalue weighted by atomic mass is 16.5. The van der Waals surface area contributed by atoms with Gasteiger partial charge in [-0.05, 0) is 18.6 Å². The van der Waals surface area contributed by atoms with E-state index in [1.54, 1.807) is 0 Å². The number of ether oxygens (including phenoxy) is 1. The van der Waals surface area contributed by atoms with Crippen molar-refractivity contribution in [2.24, 2.45) is 0 Å². The maximum Gasteiger partial charge on any atom is 0.108 e. The first-order valence-electron chi connectivity index (χ1n) is 3.81. The number of rotatable bonds is 0. The van der Waals surface area contributed by atoms with Gasteiger partial charge < -0.3 is 4.74 Å². The molecule has 0 radical (unpaired) electrons. The van der Waals surface area contributed by atoms with Gasteiger partial charge in [0.05, 0.1) is 6.10 Å². The molecule has 1 nitrogen and oxygen atoms in total. The quantitative estimate of drug-likeness (QED) is 0.400. The predicted octanol–water partition coefficient (Wildman–Crippen LogP) is -0.362. The van der Waals surface area contributed by atoms with Gasteiger partial charge in [0, 0.05) is 6.61 Å². The summed E-state index contributed by atoms with van der Waals surface area (Å²) in [7, 11) is 4.52. The van der Waals surface area contributed by atoms with Gasteiger partial charge in [0.2, 0.25) is 0 Å². The third kappa shape index (κ3) is 1.75. The molecule has 1 aliphatic rings. The first-order chi connectivity index (χ1) is 4.20. The zero-order chi connectivity index (χ0) is 6.85. The molecule has 50 valence electrons. The van der Waals surface area contributed by atoms with Crippen molar-refractivity contribution in [1.82, 2.24) is 0 Å². The van der Waals surface area contributed by atoms with Crippen LogP contribution in [0.5, 0.6) is 0 Å². The zero-order valence-corrected chi connectivity index (χ0v) is 6.55. The van der Waals surface area contributed by atoms with Crippen LogP contribution in [0.2, 0.25) is 11.6 Å². The predicted molar refractivity (Wildman–Crippen MR) is 44.6 cm³/mol. The van der Waals surface area contributed by atoms with Crippen molar-refractivity contribution in [2.75, 3.05) is 6.61 Å². The highest BCUT2D eigenvalue weighted by molar-refractivity contribution is 6.15. The minimum Gasteiger partial charge on any atom is -0.379 e. The highest BCUT2D eigenvalue weighted by Crippen LogP contribution is 2.28. The van der Waals surface area contributed by atoms with Crippen LogP contribution in [0.3, 0.4) is 0 Å². The molecule has 0 spiro atoms. The molecule has 0 aliphatic carbocycles. The lowest BCUT2D eigenvalue weighted by atomic mass is 9.69. The van der Waals surface area contributed by atoms with Crippen LogP contribution in [-0.2, 0) is 4.74 Å².